The number of piperidine rings is 1. The predicted molar refractivity (Wildman–Crippen MR) is 112 cm³/mol. The molecule has 0 radical (unpaired) electrons. The van der Waals surface area contributed by atoms with Crippen LogP contribution >= 0.6 is 11.7 Å². The summed E-state index contributed by atoms with van der Waals surface area (Å²) in [6, 6.07) is 10.2. The van der Waals surface area contributed by atoms with Gasteiger partial charge in [0.2, 0.25) is 0 Å². The summed E-state index contributed by atoms with van der Waals surface area (Å²) in [5, 5.41) is 3.50. The van der Waals surface area contributed by atoms with Crippen LogP contribution in [0.4, 0.5) is 0 Å². The summed E-state index contributed by atoms with van der Waals surface area (Å²) < 4.78 is 12.6. The van der Waals surface area contributed by atoms with Gasteiger partial charge in [-0.15, -0.1) is 0 Å². The molecule has 2 bridgehead atoms. The average molecular weight is 404 g/mol. The Morgan fingerprint density at radius 1 is 1.14 bits per heavy atom. The molecule has 6 rings (SSSR count). The van der Waals surface area contributed by atoms with Crippen molar-refractivity contribution in [1.82, 2.24) is 28.2 Å². The van der Waals surface area contributed by atoms with Crippen molar-refractivity contribution in [2.45, 2.75) is 25.4 Å². The van der Waals surface area contributed by atoms with Gasteiger partial charge in [0.15, 0.2) is 0 Å². The van der Waals surface area contributed by atoms with Crippen LogP contribution in [0.2, 0.25) is 0 Å². The molecule has 0 amide bonds. The molecule has 146 valence electrons. The average Bonchev–Trinajstić information content (AvgIpc) is 3.38. The van der Waals surface area contributed by atoms with Crippen molar-refractivity contribution >= 4 is 22.8 Å². The van der Waals surface area contributed by atoms with Crippen molar-refractivity contribution in [1.29, 1.82) is 0 Å². The van der Waals surface area contributed by atoms with Gasteiger partial charge in [0.1, 0.15) is 16.9 Å². The first-order valence-corrected chi connectivity index (χ1v) is 10.7. The minimum atomic E-state index is 0.0747. The fourth-order valence-corrected chi connectivity index (χ4v) is 5.28. The van der Waals surface area contributed by atoms with Gasteiger partial charge in [-0.05, 0) is 48.7 Å². The first kappa shape index (κ1) is 17.1. The van der Waals surface area contributed by atoms with Crippen LogP contribution < -0.4 is 10.9 Å². The van der Waals surface area contributed by atoms with Gasteiger partial charge in [0, 0.05) is 43.6 Å². The maximum absolute atomic E-state index is 13.4. The van der Waals surface area contributed by atoms with Gasteiger partial charge < -0.3 is 14.5 Å². The topological polar surface area (TPSA) is 77.6 Å². The third kappa shape index (κ3) is 2.82. The van der Waals surface area contributed by atoms with Crippen molar-refractivity contribution in [2.24, 2.45) is 5.92 Å². The van der Waals surface area contributed by atoms with Crippen LogP contribution in [0.1, 0.15) is 23.6 Å². The Morgan fingerprint density at radius 3 is 3.03 bits per heavy atom. The van der Waals surface area contributed by atoms with Gasteiger partial charge >= 0.3 is 0 Å². The molecule has 1 saturated heterocycles. The van der Waals surface area contributed by atoms with Gasteiger partial charge in [-0.25, -0.2) is 4.98 Å². The highest BCUT2D eigenvalue weighted by molar-refractivity contribution is 7.00. The number of aromatic nitrogens is 5. The number of nitrogens with zero attached hydrogens (tertiary/aromatic N) is 5. The van der Waals surface area contributed by atoms with E-state index in [1.807, 2.05) is 27.5 Å². The fraction of sp³-hybridized carbons (Fsp3) is 0.333. The molecule has 0 aliphatic carbocycles. The Morgan fingerprint density at radius 2 is 2.07 bits per heavy atom. The summed E-state index contributed by atoms with van der Waals surface area (Å²) in [6.07, 6.45) is 4.87. The molecule has 2 atom stereocenters. The van der Waals surface area contributed by atoms with Crippen molar-refractivity contribution in [2.75, 3.05) is 13.1 Å². The first-order valence-electron chi connectivity index (χ1n) is 9.93. The second-order valence-electron chi connectivity index (χ2n) is 8.01. The van der Waals surface area contributed by atoms with Crippen molar-refractivity contribution in [3.05, 3.63) is 64.3 Å². The molecule has 29 heavy (non-hydrogen) atoms. The molecule has 1 aromatic carbocycles. The number of imidazole rings is 1. The van der Waals surface area contributed by atoms with E-state index in [0.717, 1.165) is 47.7 Å². The number of benzene rings is 1. The molecule has 4 aromatic rings. The Bertz CT molecular complexity index is 1270. The molecule has 7 nitrogen and oxygen atoms in total. The summed E-state index contributed by atoms with van der Waals surface area (Å²) in [7, 11) is 0. The van der Waals surface area contributed by atoms with Crippen LogP contribution in [0.5, 0.6) is 0 Å². The Labute approximate surface area is 171 Å². The zero-order chi connectivity index (χ0) is 19.4. The third-order valence-corrected chi connectivity index (χ3v) is 6.69. The number of hydrogen-bond donors (Lipinski definition) is 1. The van der Waals surface area contributed by atoms with Gasteiger partial charge in [-0.1, -0.05) is 6.07 Å². The van der Waals surface area contributed by atoms with Crippen molar-refractivity contribution in [3.63, 3.8) is 0 Å². The molecule has 5 heterocycles. The molecular formula is C21H20N6OS. The van der Waals surface area contributed by atoms with E-state index in [1.54, 1.807) is 6.20 Å². The molecule has 8 heteroatoms. The monoisotopic (exact) mass is 404 g/mol. The lowest BCUT2D eigenvalue weighted by molar-refractivity contribution is 0.257. The van der Waals surface area contributed by atoms with E-state index in [0.29, 0.717) is 23.9 Å². The molecule has 0 unspecified atom stereocenters. The van der Waals surface area contributed by atoms with Crippen LogP contribution in [0, 0.1) is 5.92 Å². The second kappa shape index (κ2) is 6.60. The molecule has 1 N–H and O–H groups in total. The van der Waals surface area contributed by atoms with E-state index < -0.39 is 0 Å². The second-order valence-corrected chi connectivity index (χ2v) is 8.54. The quantitative estimate of drug-likeness (QED) is 0.568. The Balaban J connectivity index is 1.39. The first-order chi connectivity index (χ1) is 14.3. The van der Waals surface area contributed by atoms with Gasteiger partial charge in [-0.3, -0.25) is 4.79 Å². The predicted octanol–water partition coefficient (Wildman–Crippen LogP) is 2.47. The highest BCUT2D eigenvalue weighted by Crippen LogP contribution is 2.32. The number of rotatable bonds is 3. The minimum Gasteiger partial charge on any atom is -0.326 e. The van der Waals surface area contributed by atoms with E-state index in [9.17, 15) is 4.79 Å². The smallest absolute Gasteiger partial charge is 0.261 e. The fourth-order valence-electron chi connectivity index (χ4n) is 4.76. The van der Waals surface area contributed by atoms with Gasteiger partial charge in [0.25, 0.3) is 5.56 Å². The van der Waals surface area contributed by atoms with Crippen LogP contribution in [-0.4, -0.2) is 36.0 Å². The summed E-state index contributed by atoms with van der Waals surface area (Å²) >= 11 is 1.22. The van der Waals surface area contributed by atoms with E-state index >= 15 is 0 Å². The summed E-state index contributed by atoms with van der Waals surface area (Å²) in [6.45, 7) is 3.38. The molecule has 2 aliphatic heterocycles. The highest BCUT2D eigenvalue weighted by Gasteiger charge is 2.31. The van der Waals surface area contributed by atoms with Crippen LogP contribution in [0.25, 0.3) is 22.4 Å². The normalized spacial score (nSPS) is 20.7. The molecule has 2 aliphatic rings. The number of pyridine rings is 1. The highest BCUT2D eigenvalue weighted by atomic mass is 32.1. The van der Waals surface area contributed by atoms with Crippen molar-refractivity contribution < 1.29 is 0 Å². The summed E-state index contributed by atoms with van der Waals surface area (Å²) in [4.78, 5) is 17.9. The van der Waals surface area contributed by atoms with E-state index in [-0.39, 0.29) is 5.56 Å². The molecule has 3 aromatic heterocycles. The lowest BCUT2D eigenvalue weighted by Crippen LogP contribution is -2.45. The Kier molecular flexibility index (Phi) is 3.88. The molecular weight excluding hydrogens is 384 g/mol. The Hall–Kier alpha value is -2.84. The summed E-state index contributed by atoms with van der Waals surface area (Å²) in [5.74, 6) is 1.69. The van der Waals surface area contributed by atoms with Crippen molar-refractivity contribution in [3.8, 4) is 11.4 Å². The minimum absolute atomic E-state index is 0.0747. The lowest BCUT2D eigenvalue weighted by atomic mass is 9.84. The largest absolute Gasteiger partial charge is 0.326 e. The molecule has 1 fully saturated rings. The van der Waals surface area contributed by atoms with Crippen LogP contribution in [0.15, 0.2) is 47.5 Å². The molecule has 0 saturated carbocycles. The summed E-state index contributed by atoms with van der Waals surface area (Å²) in [5.41, 5.74) is 4.83. The van der Waals surface area contributed by atoms with E-state index in [1.165, 1.54) is 18.1 Å². The lowest BCUT2D eigenvalue weighted by Gasteiger charge is -2.37. The maximum atomic E-state index is 13.4. The number of nitrogens with one attached hydrogen (secondary N) is 1. The maximum Gasteiger partial charge on any atom is 0.261 e. The van der Waals surface area contributed by atoms with Gasteiger partial charge in [-0.2, -0.15) is 8.75 Å². The standard InChI is InChI=1S/C21H20N6OS/c28-21-16(2-4-19-15-7-14(9-22-10-15)12-27(19)21)20-23-5-6-26(20)11-13-1-3-17-18(8-13)25-29-24-17/h1-6,8,14-15,22H,7,9-12H2/t14-,15+/m0/s1. The number of hydrogen-bond acceptors (Lipinski definition) is 6. The number of fused-ring (bicyclic) bond motifs is 5. The van der Waals surface area contributed by atoms with Gasteiger partial charge in [0.05, 0.1) is 17.3 Å². The zero-order valence-electron chi connectivity index (χ0n) is 15.8. The SMILES string of the molecule is O=c1c(-c2nccn2Cc2ccc3nsnc3c2)ccc2n1C[C@@H]1CNC[C@H]2C1. The van der Waals surface area contributed by atoms with Crippen LogP contribution in [-0.2, 0) is 13.1 Å². The van der Waals surface area contributed by atoms with E-state index in [2.05, 4.69) is 37.2 Å². The van der Waals surface area contributed by atoms with E-state index in [4.69, 9.17) is 0 Å². The van der Waals surface area contributed by atoms with Crippen LogP contribution in [0.3, 0.4) is 0 Å². The molecule has 0 spiro atoms. The third-order valence-electron chi connectivity index (χ3n) is 6.14. The zero-order valence-corrected chi connectivity index (χ0v) is 16.6.